The van der Waals surface area contributed by atoms with Crippen molar-refractivity contribution in [3.63, 3.8) is 0 Å². The zero-order valence-corrected chi connectivity index (χ0v) is 9.77. The maximum atomic E-state index is 10.6. The van der Waals surface area contributed by atoms with Gasteiger partial charge in [0.05, 0.1) is 6.20 Å². The number of hydrogen-bond acceptors (Lipinski definition) is 4. The first kappa shape index (κ1) is 11.4. The molecular weight excluding hydrogens is 218 g/mol. The lowest BCUT2D eigenvalue weighted by atomic mass is 10.1. The highest BCUT2D eigenvalue weighted by Crippen LogP contribution is 2.19. The summed E-state index contributed by atoms with van der Waals surface area (Å²) in [6.45, 7) is 3.50. The lowest BCUT2D eigenvalue weighted by molar-refractivity contribution is -0.142. The SMILES string of the molecule is CC(=O)OCc1cnc(-c2ccc(C)cc2)o1. The third-order valence-electron chi connectivity index (χ3n) is 2.27. The van der Waals surface area contributed by atoms with Crippen molar-refractivity contribution in [1.82, 2.24) is 4.98 Å². The van der Waals surface area contributed by atoms with Gasteiger partial charge in [0.1, 0.15) is 0 Å². The van der Waals surface area contributed by atoms with E-state index >= 15 is 0 Å². The van der Waals surface area contributed by atoms with Gasteiger partial charge < -0.3 is 9.15 Å². The van der Waals surface area contributed by atoms with Gasteiger partial charge in [-0.2, -0.15) is 0 Å². The van der Waals surface area contributed by atoms with Crippen molar-refractivity contribution in [1.29, 1.82) is 0 Å². The zero-order chi connectivity index (χ0) is 12.3. The van der Waals surface area contributed by atoms with Crippen molar-refractivity contribution < 1.29 is 13.9 Å². The summed E-state index contributed by atoms with van der Waals surface area (Å²) in [6, 6.07) is 7.87. The predicted molar refractivity (Wildman–Crippen MR) is 62.1 cm³/mol. The molecule has 0 saturated carbocycles. The molecule has 0 radical (unpaired) electrons. The summed E-state index contributed by atoms with van der Waals surface area (Å²) in [4.78, 5) is 14.8. The highest BCUT2D eigenvalue weighted by Gasteiger charge is 2.07. The van der Waals surface area contributed by atoms with Gasteiger partial charge in [-0.3, -0.25) is 4.79 Å². The lowest BCUT2D eigenvalue weighted by Crippen LogP contribution is -1.97. The van der Waals surface area contributed by atoms with Crippen molar-refractivity contribution in [2.75, 3.05) is 0 Å². The summed E-state index contributed by atoms with van der Waals surface area (Å²) in [7, 11) is 0. The van der Waals surface area contributed by atoms with E-state index in [-0.39, 0.29) is 12.6 Å². The zero-order valence-electron chi connectivity index (χ0n) is 9.77. The van der Waals surface area contributed by atoms with Crippen LogP contribution in [0.1, 0.15) is 18.2 Å². The van der Waals surface area contributed by atoms with Gasteiger partial charge in [0.2, 0.25) is 5.89 Å². The first-order valence-corrected chi connectivity index (χ1v) is 5.30. The molecule has 0 N–H and O–H groups in total. The fraction of sp³-hybridized carbons (Fsp3) is 0.231. The number of esters is 1. The van der Waals surface area contributed by atoms with E-state index in [9.17, 15) is 4.79 Å². The first-order chi connectivity index (χ1) is 8.15. The summed E-state index contributed by atoms with van der Waals surface area (Å²) in [5.41, 5.74) is 2.09. The summed E-state index contributed by atoms with van der Waals surface area (Å²) in [5.74, 6) is 0.737. The third kappa shape index (κ3) is 2.93. The normalized spacial score (nSPS) is 10.2. The lowest BCUT2D eigenvalue weighted by Gasteiger charge is -1.98. The fourth-order valence-electron chi connectivity index (χ4n) is 1.38. The minimum atomic E-state index is -0.335. The molecule has 0 amide bonds. The van der Waals surface area contributed by atoms with Crippen molar-refractivity contribution >= 4 is 5.97 Å². The molecule has 0 fully saturated rings. The van der Waals surface area contributed by atoms with Crippen molar-refractivity contribution in [2.45, 2.75) is 20.5 Å². The number of ether oxygens (including phenoxy) is 1. The molecule has 1 aromatic carbocycles. The van der Waals surface area contributed by atoms with Gasteiger partial charge in [-0.15, -0.1) is 0 Å². The van der Waals surface area contributed by atoms with Crippen LogP contribution in [0.15, 0.2) is 34.9 Å². The number of aromatic nitrogens is 1. The Balaban J connectivity index is 2.12. The molecule has 2 rings (SSSR count). The molecule has 0 unspecified atom stereocenters. The molecule has 0 aliphatic heterocycles. The number of oxazole rings is 1. The van der Waals surface area contributed by atoms with Gasteiger partial charge >= 0.3 is 5.97 Å². The average Bonchev–Trinajstić information content (AvgIpc) is 2.76. The predicted octanol–water partition coefficient (Wildman–Crippen LogP) is 2.71. The minimum absolute atomic E-state index is 0.119. The van der Waals surface area contributed by atoms with Crippen LogP contribution in [0.25, 0.3) is 11.5 Å². The molecule has 17 heavy (non-hydrogen) atoms. The molecule has 4 nitrogen and oxygen atoms in total. The van der Waals surface area contributed by atoms with Gasteiger partial charge in [0, 0.05) is 12.5 Å². The van der Waals surface area contributed by atoms with E-state index in [1.807, 2.05) is 31.2 Å². The van der Waals surface area contributed by atoms with E-state index in [0.29, 0.717) is 11.7 Å². The molecule has 1 heterocycles. The topological polar surface area (TPSA) is 52.3 Å². The number of rotatable bonds is 3. The van der Waals surface area contributed by atoms with Crippen LogP contribution in [0.3, 0.4) is 0 Å². The van der Waals surface area contributed by atoms with Crippen molar-refractivity contribution in [2.24, 2.45) is 0 Å². The summed E-state index contributed by atoms with van der Waals surface area (Å²) in [6.07, 6.45) is 1.57. The van der Waals surface area contributed by atoms with Crippen LogP contribution in [0.4, 0.5) is 0 Å². The molecule has 0 atom stereocenters. The Morgan fingerprint density at radius 1 is 1.35 bits per heavy atom. The number of aryl methyl sites for hydroxylation is 1. The number of hydrogen-bond donors (Lipinski definition) is 0. The van der Waals surface area contributed by atoms with Crippen LogP contribution in [0.5, 0.6) is 0 Å². The van der Waals surface area contributed by atoms with Gasteiger partial charge in [-0.05, 0) is 19.1 Å². The van der Waals surface area contributed by atoms with Crippen LogP contribution >= 0.6 is 0 Å². The van der Waals surface area contributed by atoms with Crippen LogP contribution < -0.4 is 0 Å². The molecule has 88 valence electrons. The number of benzene rings is 1. The fourth-order valence-corrected chi connectivity index (χ4v) is 1.38. The van der Waals surface area contributed by atoms with Gasteiger partial charge in [0.15, 0.2) is 12.4 Å². The van der Waals surface area contributed by atoms with Crippen LogP contribution in [0, 0.1) is 6.92 Å². The molecule has 2 aromatic rings. The molecule has 0 bridgehead atoms. The minimum Gasteiger partial charge on any atom is -0.458 e. The van der Waals surface area contributed by atoms with Gasteiger partial charge in [-0.25, -0.2) is 4.98 Å². The second-order valence-corrected chi connectivity index (χ2v) is 3.78. The average molecular weight is 231 g/mol. The third-order valence-corrected chi connectivity index (χ3v) is 2.27. The molecule has 0 spiro atoms. The van der Waals surface area contributed by atoms with E-state index in [1.54, 1.807) is 6.20 Å². The van der Waals surface area contributed by atoms with E-state index in [4.69, 9.17) is 9.15 Å². The Morgan fingerprint density at radius 3 is 2.71 bits per heavy atom. The molecule has 1 aromatic heterocycles. The summed E-state index contributed by atoms with van der Waals surface area (Å²) < 4.78 is 10.3. The van der Waals surface area contributed by atoms with E-state index in [1.165, 1.54) is 12.5 Å². The van der Waals surface area contributed by atoms with Gasteiger partial charge in [-0.1, -0.05) is 17.7 Å². The number of nitrogens with zero attached hydrogens (tertiary/aromatic N) is 1. The van der Waals surface area contributed by atoms with E-state index in [2.05, 4.69) is 4.98 Å². The molecule has 4 heteroatoms. The summed E-state index contributed by atoms with van der Waals surface area (Å²) in [5, 5.41) is 0. The Hall–Kier alpha value is -2.10. The Labute approximate surface area is 99.2 Å². The standard InChI is InChI=1S/C13H13NO3/c1-9-3-5-11(6-4-9)13-14-7-12(17-13)8-16-10(2)15/h3-7H,8H2,1-2H3. The highest BCUT2D eigenvalue weighted by atomic mass is 16.5. The first-order valence-electron chi connectivity index (χ1n) is 5.30. The highest BCUT2D eigenvalue weighted by molar-refractivity contribution is 5.65. The molecule has 0 saturated heterocycles. The van der Waals surface area contributed by atoms with Gasteiger partial charge in [0.25, 0.3) is 0 Å². The molecular formula is C13H13NO3. The Kier molecular flexibility index (Phi) is 3.23. The Morgan fingerprint density at radius 2 is 2.06 bits per heavy atom. The monoisotopic (exact) mass is 231 g/mol. The maximum Gasteiger partial charge on any atom is 0.303 e. The largest absolute Gasteiger partial charge is 0.458 e. The quantitative estimate of drug-likeness (QED) is 0.762. The van der Waals surface area contributed by atoms with E-state index < -0.39 is 0 Å². The number of carbonyl (C=O) groups excluding carboxylic acids is 1. The van der Waals surface area contributed by atoms with Crippen LogP contribution in [0.2, 0.25) is 0 Å². The molecule has 0 aliphatic carbocycles. The Bertz CT molecular complexity index is 514. The second kappa shape index (κ2) is 4.82. The van der Waals surface area contributed by atoms with Crippen LogP contribution in [-0.4, -0.2) is 11.0 Å². The second-order valence-electron chi connectivity index (χ2n) is 3.78. The van der Waals surface area contributed by atoms with Crippen molar-refractivity contribution in [3.05, 3.63) is 41.8 Å². The maximum absolute atomic E-state index is 10.6. The van der Waals surface area contributed by atoms with Crippen LogP contribution in [-0.2, 0) is 16.1 Å². The smallest absolute Gasteiger partial charge is 0.303 e. The van der Waals surface area contributed by atoms with E-state index in [0.717, 1.165) is 5.56 Å². The molecule has 0 aliphatic rings. The van der Waals surface area contributed by atoms with Crippen molar-refractivity contribution in [3.8, 4) is 11.5 Å². The summed E-state index contributed by atoms with van der Waals surface area (Å²) >= 11 is 0. The number of carbonyl (C=O) groups is 1.